The fraction of sp³-hybridized carbons (Fsp3) is 0.308. The lowest BCUT2D eigenvalue weighted by molar-refractivity contribution is 0.0945. The number of hydrogen-bond donors (Lipinski definition) is 4. The number of hydrogen-bond acceptors (Lipinski definition) is 6. The lowest BCUT2D eigenvalue weighted by atomic mass is 10.2. The Balaban J connectivity index is 2.04. The second kappa shape index (κ2) is 7.36. The molecule has 0 aliphatic carbocycles. The van der Waals surface area contributed by atoms with Crippen LogP contribution in [0.4, 0.5) is 10.3 Å². The Morgan fingerprint density at radius 3 is 2.95 bits per heavy atom. The molecule has 0 bridgehead atoms. The van der Waals surface area contributed by atoms with Crippen molar-refractivity contribution in [1.82, 2.24) is 20.5 Å². The number of H-pyrrole nitrogens is 1. The van der Waals surface area contributed by atoms with Crippen molar-refractivity contribution in [2.24, 2.45) is 5.73 Å². The van der Waals surface area contributed by atoms with Gasteiger partial charge in [-0.3, -0.25) is 9.89 Å². The number of benzene rings is 1. The Bertz CT molecular complexity index is 645. The van der Waals surface area contributed by atoms with Gasteiger partial charge in [0.1, 0.15) is 17.4 Å². The third-order valence-corrected chi connectivity index (χ3v) is 2.76. The van der Waals surface area contributed by atoms with E-state index in [2.05, 4.69) is 20.5 Å². The highest BCUT2D eigenvalue weighted by Gasteiger charge is 2.14. The Morgan fingerprint density at radius 1 is 1.45 bits per heavy atom. The summed E-state index contributed by atoms with van der Waals surface area (Å²) in [6.07, 6.45) is 0.635. The first-order chi connectivity index (χ1) is 10.6. The van der Waals surface area contributed by atoms with Crippen LogP contribution in [0.2, 0.25) is 0 Å². The van der Waals surface area contributed by atoms with Gasteiger partial charge < -0.3 is 21.5 Å². The normalized spacial score (nSPS) is 10.5. The van der Waals surface area contributed by atoms with Gasteiger partial charge in [0.2, 0.25) is 5.95 Å². The molecule has 0 saturated carbocycles. The Morgan fingerprint density at radius 2 is 2.27 bits per heavy atom. The molecule has 0 fully saturated rings. The van der Waals surface area contributed by atoms with Crippen molar-refractivity contribution in [2.45, 2.75) is 13.0 Å². The number of amides is 1. The largest absolute Gasteiger partial charge is 0.493 e. The quantitative estimate of drug-likeness (QED) is 0.540. The standard InChI is InChI=1S/C13H17FN6O2/c14-8-2-3-10(22-5-1-4-15)9(6-8)12(21)17-7-11-18-13(16)20-19-11/h2-3,6H,1,4-5,7,15H2,(H,17,21)(H3,16,18,19,20). The summed E-state index contributed by atoms with van der Waals surface area (Å²) in [6, 6.07) is 3.75. The van der Waals surface area contributed by atoms with Gasteiger partial charge in [-0.25, -0.2) is 4.39 Å². The maximum absolute atomic E-state index is 13.4. The van der Waals surface area contributed by atoms with E-state index in [4.69, 9.17) is 16.2 Å². The van der Waals surface area contributed by atoms with E-state index in [1.165, 1.54) is 12.1 Å². The average Bonchev–Trinajstić information content (AvgIpc) is 2.92. The van der Waals surface area contributed by atoms with Crippen LogP contribution in [0, 0.1) is 5.82 Å². The number of anilines is 1. The van der Waals surface area contributed by atoms with E-state index < -0.39 is 11.7 Å². The predicted octanol–water partition coefficient (Wildman–Crippen LogP) is 0.184. The zero-order valence-corrected chi connectivity index (χ0v) is 11.8. The van der Waals surface area contributed by atoms with Crippen molar-refractivity contribution >= 4 is 11.9 Å². The van der Waals surface area contributed by atoms with E-state index in [9.17, 15) is 9.18 Å². The van der Waals surface area contributed by atoms with Crippen LogP contribution < -0.4 is 21.5 Å². The predicted molar refractivity (Wildman–Crippen MR) is 77.5 cm³/mol. The van der Waals surface area contributed by atoms with Crippen molar-refractivity contribution in [3.8, 4) is 5.75 Å². The van der Waals surface area contributed by atoms with Crippen molar-refractivity contribution in [3.05, 3.63) is 35.4 Å². The van der Waals surface area contributed by atoms with E-state index in [0.29, 0.717) is 31.1 Å². The van der Waals surface area contributed by atoms with Gasteiger partial charge >= 0.3 is 0 Å². The summed E-state index contributed by atoms with van der Waals surface area (Å²) in [5.74, 6) is -0.240. The fourth-order valence-corrected chi connectivity index (χ4v) is 1.72. The van der Waals surface area contributed by atoms with Gasteiger partial charge in [-0.05, 0) is 31.2 Å². The number of carbonyl (C=O) groups is 1. The van der Waals surface area contributed by atoms with Crippen molar-refractivity contribution in [2.75, 3.05) is 18.9 Å². The SMILES string of the molecule is NCCCOc1ccc(F)cc1C(=O)NCc1nc(N)n[nH]1. The van der Waals surface area contributed by atoms with E-state index in [1.54, 1.807) is 0 Å². The average molecular weight is 308 g/mol. The minimum Gasteiger partial charge on any atom is -0.493 e. The van der Waals surface area contributed by atoms with Crippen molar-refractivity contribution in [1.29, 1.82) is 0 Å². The number of halogens is 1. The molecule has 9 heteroatoms. The van der Waals surface area contributed by atoms with Gasteiger partial charge in [-0.15, -0.1) is 5.10 Å². The zero-order chi connectivity index (χ0) is 15.9. The van der Waals surface area contributed by atoms with Crippen molar-refractivity contribution in [3.63, 3.8) is 0 Å². The van der Waals surface area contributed by atoms with Crippen LogP contribution in [-0.2, 0) is 6.54 Å². The molecule has 0 spiro atoms. The summed E-state index contributed by atoms with van der Waals surface area (Å²) in [5.41, 5.74) is 10.8. The summed E-state index contributed by atoms with van der Waals surface area (Å²) < 4.78 is 18.8. The third kappa shape index (κ3) is 4.16. The van der Waals surface area contributed by atoms with Crippen molar-refractivity contribution < 1.29 is 13.9 Å². The summed E-state index contributed by atoms with van der Waals surface area (Å²) in [4.78, 5) is 16.0. The lowest BCUT2D eigenvalue weighted by Gasteiger charge is -2.11. The van der Waals surface area contributed by atoms with Crippen LogP contribution in [0.5, 0.6) is 5.75 Å². The summed E-state index contributed by atoms with van der Waals surface area (Å²) in [6.45, 7) is 0.901. The van der Waals surface area contributed by atoms with Gasteiger partial charge in [0.25, 0.3) is 5.91 Å². The molecule has 1 aromatic carbocycles. The Labute approximate surface area is 126 Å². The number of nitrogens with two attached hydrogens (primary N) is 2. The molecule has 0 aliphatic heterocycles. The number of aromatic nitrogens is 3. The lowest BCUT2D eigenvalue weighted by Crippen LogP contribution is -2.24. The van der Waals surface area contributed by atoms with Crippen LogP contribution in [0.3, 0.4) is 0 Å². The maximum atomic E-state index is 13.4. The molecule has 8 nitrogen and oxygen atoms in total. The number of carbonyl (C=O) groups excluding carboxylic acids is 1. The first kappa shape index (κ1) is 15.7. The second-order valence-corrected chi connectivity index (χ2v) is 4.45. The van der Waals surface area contributed by atoms with Crippen LogP contribution in [0.1, 0.15) is 22.6 Å². The Hall–Kier alpha value is -2.68. The smallest absolute Gasteiger partial charge is 0.255 e. The molecule has 1 aromatic heterocycles. The monoisotopic (exact) mass is 308 g/mol. The van der Waals surface area contributed by atoms with Gasteiger partial charge in [0.05, 0.1) is 18.7 Å². The fourth-order valence-electron chi connectivity index (χ4n) is 1.72. The van der Waals surface area contributed by atoms with E-state index in [1.807, 2.05) is 0 Å². The number of nitrogens with one attached hydrogen (secondary N) is 2. The van der Waals surface area contributed by atoms with Gasteiger partial charge in [0, 0.05) is 0 Å². The highest BCUT2D eigenvalue weighted by Crippen LogP contribution is 2.20. The first-order valence-corrected chi connectivity index (χ1v) is 6.67. The molecule has 0 aliphatic rings. The molecule has 22 heavy (non-hydrogen) atoms. The highest BCUT2D eigenvalue weighted by atomic mass is 19.1. The van der Waals surface area contributed by atoms with E-state index in [-0.39, 0.29) is 18.1 Å². The number of nitrogens with zero attached hydrogens (tertiary/aromatic N) is 2. The summed E-state index contributed by atoms with van der Waals surface area (Å²) >= 11 is 0. The molecular weight excluding hydrogens is 291 g/mol. The topological polar surface area (TPSA) is 132 Å². The zero-order valence-electron chi connectivity index (χ0n) is 11.8. The van der Waals surface area contributed by atoms with Crippen LogP contribution >= 0.6 is 0 Å². The van der Waals surface area contributed by atoms with Gasteiger partial charge in [-0.1, -0.05) is 0 Å². The number of nitrogen functional groups attached to an aromatic ring is 1. The minimum absolute atomic E-state index is 0.0841. The highest BCUT2D eigenvalue weighted by molar-refractivity contribution is 5.96. The summed E-state index contributed by atoms with van der Waals surface area (Å²) in [5, 5.41) is 8.79. The molecule has 1 amide bonds. The third-order valence-electron chi connectivity index (χ3n) is 2.76. The Kier molecular flexibility index (Phi) is 5.26. The van der Waals surface area contributed by atoms with Gasteiger partial charge in [-0.2, -0.15) is 4.98 Å². The summed E-state index contributed by atoms with van der Waals surface area (Å²) in [7, 11) is 0. The molecule has 118 valence electrons. The molecule has 0 unspecified atom stereocenters. The molecule has 0 saturated heterocycles. The van der Waals surface area contributed by atoms with E-state index >= 15 is 0 Å². The first-order valence-electron chi connectivity index (χ1n) is 6.67. The molecule has 1 heterocycles. The molecule has 2 rings (SSSR count). The maximum Gasteiger partial charge on any atom is 0.255 e. The second-order valence-electron chi connectivity index (χ2n) is 4.45. The van der Waals surface area contributed by atoms with Crippen LogP contribution in [0.25, 0.3) is 0 Å². The van der Waals surface area contributed by atoms with Gasteiger partial charge in [0.15, 0.2) is 0 Å². The van der Waals surface area contributed by atoms with Crippen LogP contribution in [0.15, 0.2) is 18.2 Å². The molecule has 0 radical (unpaired) electrons. The molecule has 0 atom stereocenters. The molecule has 2 aromatic rings. The molecular formula is C13H17FN6O2. The number of aromatic amines is 1. The molecule has 6 N–H and O–H groups in total. The number of ether oxygens (including phenoxy) is 1. The minimum atomic E-state index is -0.528. The van der Waals surface area contributed by atoms with Crippen LogP contribution in [-0.4, -0.2) is 34.2 Å². The van der Waals surface area contributed by atoms with E-state index in [0.717, 1.165) is 6.07 Å². The number of rotatable bonds is 7.